The normalized spacial score (nSPS) is 10.7. The number of nitrogens with one attached hydrogen (secondary N) is 2. The van der Waals surface area contributed by atoms with Crippen LogP contribution in [0.5, 0.6) is 0 Å². The fraction of sp³-hybridized carbons (Fsp3) is 0.200. The number of carbonyl (C=O) groups is 1. The molecule has 0 spiro atoms. The summed E-state index contributed by atoms with van der Waals surface area (Å²) in [5, 5.41) is 13.4. The number of aromatic nitrogens is 4. The highest BCUT2D eigenvalue weighted by atomic mass is 32.2. The zero-order valence-corrected chi connectivity index (χ0v) is 13.3. The molecule has 0 unspecified atom stereocenters. The minimum atomic E-state index is -0.347. The lowest BCUT2D eigenvalue weighted by Gasteiger charge is -2.03. The van der Waals surface area contributed by atoms with Crippen molar-refractivity contribution >= 4 is 23.4 Å². The molecule has 0 fully saturated rings. The second-order valence-electron chi connectivity index (χ2n) is 4.64. The molecule has 0 saturated heterocycles. The van der Waals surface area contributed by atoms with Gasteiger partial charge in [0.25, 0.3) is 5.91 Å². The Hall–Kier alpha value is -2.61. The molecule has 0 saturated carbocycles. The van der Waals surface area contributed by atoms with Crippen LogP contribution in [0.2, 0.25) is 0 Å². The maximum absolute atomic E-state index is 12.3. The standard InChI is InChI=1S/C15H15N5O2S/c1-2-23-9-10-7-12(20-22-10)15(21)18-13-8-17-19-14(13)11-5-3-4-6-16-11/h3-8H,2,9H2,1H3,(H,17,19)(H,18,21). The molecular weight excluding hydrogens is 314 g/mol. The van der Waals surface area contributed by atoms with E-state index in [9.17, 15) is 4.79 Å². The third-order valence-electron chi connectivity index (χ3n) is 3.05. The molecule has 1 amide bonds. The Morgan fingerprint density at radius 3 is 3.13 bits per heavy atom. The van der Waals surface area contributed by atoms with Gasteiger partial charge < -0.3 is 9.84 Å². The zero-order chi connectivity index (χ0) is 16.1. The highest BCUT2D eigenvalue weighted by Crippen LogP contribution is 2.23. The molecule has 3 heterocycles. The Labute approximate surface area is 136 Å². The van der Waals surface area contributed by atoms with Crippen LogP contribution in [0.4, 0.5) is 5.69 Å². The van der Waals surface area contributed by atoms with Crippen LogP contribution in [0.25, 0.3) is 11.4 Å². The molecule has 7 nitrogen and oxygen atoms in total. The molecule has 0 bridgehead atoms. The van der Waals surface area contributed by atoms with Crippen LogP contribution in [0.1, 0.15) is 23.2 Å². The summed E-state index contributed by atoms with van der Waals surface area (Å²) >= 11 is 1.70. The monoisotopic (exact) mass is 329 g/mol. The number of pyridine rings is 1. The van der Waals surface area contributed by atoms with Gasteiger partial charge in [0, 0.05) is 12.3 Å². The van der Waals surface area contributed by atoms with E-state index in [0.717, 1.165) is 5.75 Å². The van der Waals surface area contributed by atoms with E-state index in [2.05, 4.69) is 32.6 Å². The third-order valence-corrected chi connectivity index (χ3v) is 3.95. The Kier molecular flexibility index (Phi) is 4.72. The number of anilines is 1. The van der Waals surface area contributed by atoms with Crippen molar-refractivity contribution in [3.05, 3.63) is 48.1 Å². The SMILES string of the molecule is CCSCc1cc(C(=O)Nc2cn[nH]c2-c2ccccn2)no1. The molecule has 8 heteroatoms. The fourth-order valence-corrected chi connectivity index (χ4v) is 2.51. The number of thioether (sulfide) groups is 1. The summed E-state index contributed by atoms with van der Waals surface area (Å²) in [6.07, 6.45) is 3.22. The maximum Gasteiger partial charge on any atom is 0.277 e. The van der Waals surface area contributed by atoms with Crippen molar-refractivity contribution in [2.75, 3.05) is 11.1 Å². The van der Waals surface area contributed by atoms with Crippen molar-refractivity contribution in [2.24, 2.45) is 0 Å². The van der Waals surface area contributed by atoms with E-state index in [-0.39, 0.29) is 11.6 Å². The van der Waals surface area contributed by atoms with E-state index in [4.69, 9.17) is 4.52 Å². The van der Waals surface area contributed by atoms with E-state index in [1.807, 2.05) is 18.2 Å². The number of nitrogens with zero attached hydrogens (tertiary/aromatic N) is 3. The van der Waals surface area contributed by atoms with Crippen molar-refractivity contribution in [1.29, 1.82) is 0 Å². The largest absolute Gasteiger partial charge is 0.360 e. The van der Waals surface area contributed by atoms with Crippen LogP contribution in [-0.4, -0.2) is 32.0 Å². The smallest absolute Gasteiger partial charge is 0.277 e. The van der Waals surface area contributed by atoms with Crippen molar-refractivity contribution in [3.8, 4) is 11.4 Å². The molecule has 0 radical (unpaired) electrons. The first-order chi connectivity index (χ1) is 11.3. The number of carbonyl (C=O) groups excluding carboxylic acids is 1. The van der Waals surface area contributed by atoms with Crippen LogP contribution in [0, 0.1) is 0 Å². The molecule has 3 aromatic rings. The number of rotatable bonds is 6. The van der Waals surface area contributed by atoms with Crippen molar-refractivity contribution < 1.29 is 9.32 Å². The van der Waals surface area contributed by atoms with E-state index < -0.39 is 0 Å². The summed E-state index contributed by atoms with van der Waals surface area (Å²) in [5.41, 5.74) is 2.12. The van der Waals surface area contributed by atoms with E-state index >= 15 is 0 Å². The van der Waals surface area contributed by atoms with E-state index in [0.29, 0.717) is 28.6 Å². The van der Waals surface area contributed by atoms with Crippen LogP contribution in [0.3, 0.4) is 0 Å². The quantitative estimate of drug-likeness (QED) is 0.721. The first kappa shape index (κ1) is 15.3. The lowest BCUT2D eigenvalue weighted by Crippen LogP contribution is -2.12. The first-order valence-corrected chi connectivity index (χ1v) is 8.23. The highest BCUT2D eigenvalue weighted by Gasteiger charge is 2.16. The van der Waals surface area contributed by atoms with Gasteiger partial charge in [-0.2, -0.15) is 16.9 Å². The van der Waals surface area contributed by atoms with Crippen molar-refractivity contribution in [1.82, 2.24) is 20.3 Å². The lowest BCUT2D eigenvalue weighted by atomic mass is 10.2. The summed E-state index contributed by atoms with van der Waals surface area (Å²) < 4.78 is 5.15. The van der Waals surface area contributed by atoms with Gasteiger partial charge in [-0.1, -0.05) is 18.1 Å². The lowest BCUT2D eigenvalue weighted by molar-refractivity contribution is 0.101. The number of aromatic amines is 1. The maximum atomic E-state index is 12.3. The number of amides is 1. The molecule has 23 heavy (non-hydrogen) atoms. The summed E-state index contributed by atoms with van der Waals surface area (Å²) in [7, 11) is 0. The van der Waals surface area contributed by atoms with Gasteiger partial charge in [0.15, 0.2) is 5.69 Å². The highest BCUT2D eigenvalue weighted by molar-refractivity contribution is 7.98. The first-order valence-electron chi connectivity index (χ1n) is 7.07. The minimum absolute atomic E-state index is 0.241. The summed E-state index contributed by atoms with van der Waals surface area (Å²) in [4.78, 5) is 16.5. The summed E-state index contributed by atoms with van der Waals surface area (Å²) in [5.74, 6) is 2.01. The average molecular weight is 329 g/mol. The second kappa shape index (κ2) is 7.10. The van der Waals surface area contributed by atoms with E-state index in [1.165, 1.54) is 6.20 Å². The molecule has 0 atom stereocenters. The predicted octanol–water partition coefficient (Wildman–Crippen LogP) is 2.97. The molecule has 3 rings (SSSR count). The molecule has 0 aliphatic carbocycles. The predicted molar refractivity (Wildman–Crippen MR) is 88.1 cm³/mol. The van der Waals surface area contributed by atoms with Gasteiger partial charge in [-0.25, -0.2) is 0 Å². The van der Waals surface area contributed by atoms with Gasteiger partial charge in [-0.05, 0) is 17.9 Å². The Balaban J connectivity index is 1.74. The molecule has 0 aliphatic heterocycles. The molecular formula is C15H15N5O2S. The van der Waals surface area contributed by atoms with Crippen LogP contribution < -0.4 is 5.32 Å². The Morgan fingerprint density at radius 1 is 1.43 bits per heavy atom. The number of H-pyrrole nitrogens is 1. The number of hydrogen-bond donors (Lipinski definition) is 2. The fourth-order valence-electron chi connectivity index (χ4n) is 1.96. The Morgan fingerprint density at radius 2 is 2.35 bits per heavy atom. The van der Waals surface area contributed by atoms with Gasteiger partial charge in [0.2, 0.25) is 0 Å². The third kappa shape index (κ3) is 3.59. The van der Waals surface area contributed by atoms with Crippen molar-refractivity contribution in [3.63, 3.8) is 0 Å². The zero-order valence-electron chi connectivity index (χ0n) is 12.4. The average Bonchev–Trinajstić information content (AvgIpc) is 3.23. The van der Waals surface area contributed by atoms with Gasteiger partial charge in [0.05, 0.1) is 23.3 Å². The summed E-state index contributed by atoms with van der Waals surface area (Å²) in [6, 6.07) is 7.17. The van der Waals surface area contributed by atoms with Crippen LogP contribution >= 0.6 is 11.8 Å². The molecule has 0 aliphatic rings. The molecule has 0 aromatic carbocycles. The molecule has 118 valence electrons. The van der Waals surface area contributed by atoms with Gasteiger partial charge in [0.1, 0.15) is 11.5 Å². The number of hydrogen-bond acceptors (Lipinski definition) is 6. The second-order valence-corrected chi connectivity index (χ2v) is 5.92. The van der Waals surface area contributed by atoms with Gasteiger partial charge in [-0.15, -0.1) is 0 Å². The summed E-state index contributed by atoms with van der Waals surface area (Å²) in [6.45, 7) is 2.06. The minimum Gasteiger partial charge on any atom is -0.360 e. The molecule has 3 aromatic heterocycles. The van der Waals surface area contributed by atoms with Crippen LogP contribution in [0.15, 0.2) is 41.2 Å². The Bertz CT molecular complexity index is 784. The van der Waals surface area contributed by atoms with E-state index in [1.54, 1.807) is 24.0 Å². The van der Waals surface area contributed by atoms with Gasteiger partial charge >= 0.3 is 0 Å². The topological polar surface area (TPSA) is 96.7 Å². The molecule has 2 N–H and O–H groups in total. The van der Waals surface area contributed by atoms with Gasteiger partial charge in [-0.3, -0.25) is 14.9 Å². The van der Waals surface area contributed by atoms with Crippen LogP contribution in [-0.2, 0) is 5.75 Å². The van der Waals surface area contributed by atoms with Crippen molar-refractivity contribution in [2.45, 2.75) is 12.7 Å².